The van der Waals surface area contributed by atoms with Gasteiger partial charge in [0.25, 0.3) is 11.5 Å². The lowest BCUT2D eigenvalue weighted by molar-refractivity contribution is 0.0625. The van der Waals surface area contributed by atoms with Crippen molar-refractivity contribution < 1.29 is 4.79 Å². The average Bonchev–Trinajstić information content (AvgIpc) is 3.52. The summed E-state index contributed by atoms with van der Waals surface area (Å²) >= 11 is 1.69. The standard InChI is InChI=1S/C26H28N6O2S/c33-24-23-20-4-1-2-5-21(20)35-25(23)29-22(28-24)17-30-12-14-31(15-13-30)26(34)19-8-6-18(7-9-19)16-32-11-3-10-27-32/h3,6-11H,1-2,4-5,12-17H2,(H,28,29,33). The molecule has 2 aliphatic rings. The first-order valence-electron chi connectivity index (χ1n) is 12.3. The maximum atomic E-state index is 13.0. The zero-order valence-electron chi connectivity index (χ0n) is 19.6. The van der Waals surface area contributed by atoms with Gasteiger partial charge in [-0.1, -0.05) is 12.1 Å². The molecule has 1 fully saturated rings. The van der Waals surface area contributed by atoms with Gasteiger partial charge in [0.15, 0.2) is 0 Å². The van der Waals surface area contributed by atoms with Crippen LogP contribution in [0, 0.1) is 0 Å². The zero-order chi connectivity index (χ0) is 23.8. The van der Waals surface area contributed by atoms with Gasteiger partial charge in [-0.2, -0.15) is 5.10 Å². The van der Waals surface area contributed by atoms with Crippen molar-refractivity contribution in [1.29, 1.82) is 0 Å². The molecule has 0 spiro atoms. The number of aromatic nitrogens is 4. The first-order chi connectivity index (χ1) is 17.1. The van der Waals surface area contributed by atoms with E-state index in [1.807, 2.05) is 46.1 Å². The highest BCUT2D eigenvalue weighted by Gasteiger charge is 2.24. The highest BCUT2D eigenvalue weighted by molar-refractivity contribution is 7.18. The van der Waals surface area contributed by atoms with Crippen LogP contribution in [-0.2, 0) is 25.9 Å². The van der Waals surface area contributed by atoms with E-state index in [1.54, 1.807) is 17.5 Å². The molecule has 1 aromatic carbocycles. The smallest absolute Gasteiger partial charge is 0.259 e. The van der Waals surface area contributed by atoms with E-state index in [2.05, 4.69) is 15.0 Å². The highest BCUT2D eigenvalue weighted by atomic mass is 32.1. The Balaban J connectivity index is 1.07. The lowest BCUT2D eigenvalue weighted by atomic mass is 9.97. The average molecular weight is 489 g/mol. The van der Waals surface area contributed by atoms with Crippen molar-refractivity contribution in [2.45, 2.75) is 38.8 Å². The molecule has 9 heteroatoms. The molecule has 8 nitrogen and oxygen atoms in total. The summed E-state index contributed by atoms with van der Waals surface area (Å²) < 4.78 is 1.86. The predicted octanol–water partition coefficient (Wildman–Crippen LogP) is 3.07. The Labute approximate surface area is 207 Å². The second kappa shape index (κ2) is 9.39. The fourth-order valence-corrected chi connectivity index (χ4v) is 6.40. The van der Waals surface area contributed by atoms with E-state index in [-0.39, 0.29) is 11.5 Å². The Morgan fingerprint density at radius 1 is 1.03 bits per heavy atom. The van der Waals surface area contributed by atoms with Gasteiger partial charge < -0.3 is 9.88 Å². The lowest BCUT2D eigenvalue weighted by Gasteiger charge is -2.34. The van der Waals surface area contributed by atoms with E-state index in [9.17, 15) is 9.59 Å². The van der Waals surface area contributed by atoms with Gasteiger partial charge in [-0.25, -0.2) is 4.98 Å². The van der Waals surface area contributed by atoms with E-state index in [0.717, 1.165) is 48.1 Å². The van der Waals surface area contributed by atoms with Crippen LogP contribution >= 0.6 is 11.3 Å². The number of rotatable bonds is 5. The molecule has 0 radical (unpaired) electrons. The molecular formula is C26H28N6O2S. The van der Waals surface area contributed by atoms with Crippen molar-refractivity contribution in [2.75, 3.05) is 26.2 Å². The second-order valence-electron chi connectivity index (χ2n) is 9.37. The predicted molar refractivity (Wildman–Crippen MR) is 136 cm³/mol. The number of hydrogen-bond acceptors (Lipinski definition) is 6. The Morgan fingerprint density at radius 2 is 1.83 bits per heavy atom. The van der Waals surface area contributed by atoms with Crippen molar-refractivity contribution in [3.63, 3.8) is 0 Å². The molecule has 1 N–H and O–H groups in total. The van der Waals surface area contributed by atoms with Gasteiger partial charge in [0, 0.05) is 49.0 Å². The number of thiophene rings is 1. The number of carbonyl (C=O) groups is 1. The summed E-state index contributed by atoms with van der Waals surface area (Å²) in [5.41, 5.74) is 3.04. The van der Waals surface area contributed by atoms with Crippen LogP contribution in [0.2, 0.25) is 0 Å². The molecule has 1 amide bonds. The summed E-state index contributed by atoms with van der Waals surface area (Å²) in [5.74, 6) is 0.779. The van der Waals surface area contributed by atoms with Gasteiger partial charge in [0.05, 0.1) is 18.5 Å². The number of nitrogens with one attached hydrogen (secondary N) is 1. The largest absolute Gasteiger partial charge is 0.336 e. The highest BCUT2D eigenvalue weighted by Crippen LogP contribution is 2.33. The van der Waals surface area contributed by atoms with E-state index >= 15 is 0 Å². The quantitative estimate of drug-likeness (QED) is 0.467. The van der Waals surface area contributed by atoms with Crippen molar-refractivity contribution >= 4 is 27.5 Å². The molecule has 0 atom stereocenters. The van der Waals surface area contributed by atoms with Gasteiger partial charge in [0.1, 0.15) is 10.7 Å². The van der Waals surface area contributed by atoms with Crippen LogP contribution < -0.4 is 5.56 Å². The van der Waals surface area contributed by atoms with Crippen LogP contribution in [0.1, 0.15) is 45.0 Å². The van der Waals surface area contributed by atoms with Crippen LogP contribution in [-0.4, -0.2) is 61.6 Å². The van der Waals surface area contributed by atoms with Crippen LogP contribution in [0.4, 0.5) is 0 Å². The molecule has 1 aliphatic heterocycles. The summed E-state index contributed by atoms with van der Waals surface area (Å²) in [7, 11) is 0. The summed E-state index contributed by atoms with van der Waals surface area (Å²) in [6.45, 7) is 4.12. The number of H-pyrrole nitrogens is 1. The minimum atomic E-state index is -0.00535. The van der Waals surface area contributed by atoms with Crippen molar-refractivity contribution in [3.8, 4) is 0 Å². The molecule has 0 bridgehead atoms. The van der Waals surface area contributed by atoms with Gasteiger partial charge >= 0.3 is 0 Å². The minimum absolute atomic E-state index is 0.00535. The number of nitrogens with zero attached hydrogens (tertiary/aromatic N) is 5. The molecule has 4 heterocycles. The van der Waals surface area contributed by atoms with E-state index in [4.69, 9.17) is 4.98 Å². The van der Waals surface area contributed by atoms with Crippen LogP contribution in [0.3, 0.4) is 0 Å². The maximum absolute atomic E-state index is 13.0. The lowest BCUT2D eigenvalue weighted by Crippen LogP contribution is -2.48. The maximum Gasteiger partial charge on any atom is 0.259 e. The monoisotopic (exact) mass is 488 g/mol. The molecule has 35 heavy (non-hydrogen) atoms. The van der Waals surface area contributed by atoms with Crippen LogP contribution in [0.5, 0.6) is 0 Å². The third kappa shape index (κ3) is 4.53. The Bertz CT molecular complexity index is 1400. The van der Waals surface area contributed by atoms with Crippen LogP contribution in [0.15, 0.2) is 47.5 Å². The van der Waals surface area contributed by atoms with E-state index in [1.165, 1.54) is 16.9 Å². The summed E-state index contributed by atoms with van der Waals surface area (Å²) in [4.78, 5) is 40.0. The Morgan fingerprint density at radius 3 is 2.60 bits per heavy atom. The number of aromatic amines is 1. The molecule has 180 valence electrons. The van der Waals surface area contributed by atoms with Crippen LogP contribution in [0.25, 0.3) is 10.2 Å². The number of aryl methyl sites for hydroxylation is 2. The molecule has 1 aliphatic carbocycles. The zero-order valence-corrected chi connectivity index (χ0v) is 20.4. The van der Waals surface area contributed by atoms with E-state index < -0.39 is 0 Å². The fraction of sp³-hybridized carbons (Fsp3) is 0.385. The first kappa shape index (κ1) is 22.2. The third-order valence-corrected chi connectivity index (χ3v) is 8.20. The molecule has 0 unspecified atom stereocenters. The van der Waals surface area contributed by atoms with Gasteiger partial charge in [0.2, 0.25) is 0 Å². The third-order valence-electron chi connectivity index (χ3n) is 7.01. The number of hydrogen-bond donors (Lipinski definition) is 1. The molecule has 0 saturated carbocycles. The number of benzene rings is 1. The number of amides is 1. The SMILES string of the molecule is O=C(c1ccc(Cn2cccn2)cc1)N1CCN(Cc2nc3sc4c(c3c(=O)[nH]2)CCCC4)CC1. The minimum Gasteiger partial charge on any atom is -0.336 e. The molecular weight excluding hydrogens is 460 g/mol. The van der Waals surface area contributed by atoms with Gasteiger partial charge in [-0.3, -0.25) is 19.2 Å². The number of piperazine rings is 1. The normalized spacial score (nSPS) is 16.5. The molecule has 3 aromatic heterocycles. The van der Waals surface area contributed by atoms with Gasteiger partial charge in [-0.15, -0.1) is 11.3 Å². The first-order valence-corrected chi connectivity index (χ1v) is 13.1. The Kier molecular flexibility index (Phi) is 5.95. The van der Waals surface area contributed by atoms with Crippen molar-refractivity contribution in [2.24, 2.45) is 0 Å². The van der Waals surface area contributed by atoms with Crippen molar-refractivity contribution in [3.05, 3.63) is 80.5 Å². The number of fused-ring (bicyclic) bond motifs is 3. The summed E-state index contributed by atoms with van der Waals surface area (Å²) in [6.07, 6.45) is 8.09. The summed E-state index contributed by atoms with van der Waals surface area (Å²) in [6, 6.07) is 9.69. The van der Waals surface area contributed by atoms with E-state index in [0.29, 0.717) is 37.6 Å². The number of carbonyl (C=O) groups excluding carboxylic acids is 1. The summed E-state index contributed by atoms with van der Waals surface area (Å²) in [5, 5.41) is 5.03. The molecule has 6 rings (SSSR count). The Hall–Kier alpha value is -3.30. The topological polar surface area (TPSA) is 87.1 Å². The second-order valence-corrected chi connectivity index (χ2v) is 10.5. The van der Waals surface area contributed by atoms with Gasteiger partial charge in [-0.05, 0) is 55.0 Å². The molecule has 4 aromatic rings. The fourth-order valence-electron chi connectivity index (χ4n) is 5.12. The van der Waals surface area contributed by atoms with Crippen molar-refractivity contribution in [1.82, 2.24) is 29.5 Å². The molecule has 1 saturated heterocycles.